The lowest BCUT2D eigenvalue weighted by Gasteiger charge is -2.24. The number of hydrogen-bond acceptors (Lipinski definition) is 4. The fraction of sp³-hybridized carbons (Fsp3) is 0.182. The van der Waals surface area contributed by atoms with Gasteiger partial charge in [-0.3, -0.25) is 9.59 Å². The molecule has 1 aliphatic heterocycles. The number of nitrogens with zero attached hydrogens (tertiary/aromatic N) is 1. The third kappa shape index (κ3) is 3.36. The van der Waals surface area contributed by atoms with E-state index in [1.54, 1.807) is 23.1 Å². The summed E-state index contributed by atoms with van der Waals surface area (Å²) in [4.78, 5) is 27.3. The summed E-state index contributed by atoms with van der Waals surface area (Å²) in [7, 11) is 0. The summed E-state index contributed by atoms with van der Waals surface area (Å²) in [5.74, 6) is -0.859. The number of amides is 2. The number of rotatable bonds is 3. The van der Waals surface area contributed by atoms with Gasteiger partial charge >= 0.3 is 0 Å². The van der Waals surface area contributed by atoms with Crippen molar-refractivity contribution in [3.8, 4) is 11.5 Å². The third-order valence-corrected chi connectivity index (χ3v) is 5.04. The van der Waals surface area contributed by atoms with Crippen LogP contribution in [-0.2, 0) is 4.79 Å². The fourth-order valence-electron chi connectivity index (χ4n) is 3.60. The number of carbonyl (C=O) groups excluding carboxylic acids is 2. The van der Waals surface area contributed by atoms with E-state index in [-0.39, 0.29) is 23.3 Å². The van der Waals surface area contributed by atoms with Gasteiger partial charge in [0.1, 0.15) is 6.04 Å². The maximum absolute atomic E-state index is 13.0. The van der Waals surface area contributed by atoms with Crippen molar-refractivity contribution >= 4 is 28.3 Å². The molecule has 6 heteroatoms. The number of hydrogen-bond donors (Lipinski definition) is 3. The van der Waals surface area contributed by atoms with E-state index in [1.807, 2.05) is 30.3 Å². The highest BCUT2D eigenvalue weighted by Crippen LogP contribution is 2.31. The van der Waals surface area contributed by atoms with E-state index in [4.69, 9.17) is 0 Å². The highest BCUT2D eigenvalue weighted by atomic mass is 16.3. The lowest BCUT2D eigenvalue weighted by atomic mass is 10.0. The average molecular weight is 376 g/mol. The molecule has 0 saturated carbocycles. The second-order valence-corrected chi connectivity index (χ2v) is 6.91. The molecule has 4 rings (SSSR count). The molecule has 1 aliphatic rings. The molecule has 1 fully saturated rings. The Labute approximate surface area is 162 Å². The minimum absolute atomic E-state index is 0.194. The van der Waals surface area contributed by atoms with Crippen molar-refractivity contribution in [1.82, 2.24) is 4.90 Å². The Morgan fingerprint density at radius 2 is 1.64 bits per heavy atom. The number of anilines is 1. The summed E-state index contributed by atoms with van der Waals surface area (Å²) in [5, 5.41) is 23.6. The molecule has 2 amide bonds. The van der Waals surface area contributed by atoms with Gasteiger partial charge in [-0.25, -0.2) is 0 Å². The van der Waals surface area contributed by atoms with Crippen molar-refractivity contribution in [3.63, 3.8) is 0 Å². The molecule has 0 bridgehead atoms. The highest BCUT2D eigenvalue weighted by molar-refractivity contribution is 6.03. The van der Waals surface area contributed by atoms with Crippen molar-refractivity contribution in [2.45, 2.75) is 18.9 Å². The summed E-state index contributed by atoms with van der Waals surface area (Å²) in [6.45, 7) is 0.518. The number of aromatic hydroxyl groups is 2. The van der Waals surface area contributed by atoms with Gasteiger partial charge in [-0.15, -0.1) is 0 Å². The van der Waals surface area contributed by atoms with E-state index in [1.165, 1.54) is 12.1 Å². The predicted octanol–water partition coefficient (Wildman–Crippen LogP) is 3.49. The summed E-state index contributed by atoms with van der Waals surface area (Å²) in [6.07, 6.45) is 1.38. The summed E-state index contributed by atoms with van der Waals surface area (Å²) in [5.41, 5.74) is 1.14. The van der Waals surface area contributed by atoms with Crippen molar-refractivity contribution in [2.24, 2.45) is 0 Å². The quantitative estimate of drug-likeness (QED) is 0.611. The fourth-order valence-corrected chi connectivity index (χ4v) is 3.60. The Hall–Kier alpha value is -3.54. The van der Waals surface area contributed by atoms with Gasteiger partial charge in [0.15, 0.2) is 11.5 Å². The van der Waals surface area contributed by atoms with Crippen molar-refractivity contribution in [3.05, 3.63) is 66.2 Å². The van der Waals surface area contributed by atoms with Gasteiger partial charge in [-0.1, -0.05) is 24.3 Å². The Balaban J connectivity index is 1.57. The second kappa shape index (κ2) is 7.23. The first-order valence-corrected chi connectivity index (χ1v) is 9.15. The minimum atomic E-state index is -0.517. The molecular formula is C22H20N2O4. The first-order valence-electron chi connectivity index (χ1n) is 9.15. The lowest BCUT2D eigenvalue weighted by Crippen LogP contribution is -2.43. The van der Waals surface area contributed by atoms with Crippen LogP contribution in [0, 0.1) is 0 Å². The number of para-hydroxylation sites is 1. The molecule has 0 spiro atoms. The number of benzene rings is 3. The predicted molar refractivity (Wildman–Crippen MR) is 106 cm³/mol. The van der Waals surface area contributed by atoms with Crippen LogP contribution in [0.5, 0.6) is 11.5 Å². The molecule has 1 atom stereocenters. The van der Waals surface area contributed by atoms with Crippen LogP contribution in [0.4, 0.5) is 5.69 Å². The average Bonchev–Trinajstić information content (AvgIpc) is 3.19. The number of likely N-dealkylation sites (tertiary alicyclic amines) is 1. The molecule has 28 heavy (non-hydrogen) atoms. The zero-order valence-electron chi connectivity index (χ0n) is 15.1. The molecule has 0 aromatic heterocycles. The molecule has 0 radical (unpaired) electrons. The zero-order valence-corrected chi connectivity index (χ0v) is 15.1. The van der Waals surface area contributed by atoms with E-state index in [2.05, 4.69) is 5.32 Å². The summed E-state index contributed by atoms with van der Waals surface area (Å²) >= 11 is 0. The Kier molecular flexibility index (Phi) is 4.61. The standard InChI is InChI=1S/C22H20N2O4/c25-19-12-14-8-9-15(11-16(14)13-20(19)26)22(28)24-10-4-7-18(24)21(27)23-17-5-2-1-3-6-17/h1-3,5-6,8-9,11-13,18,25-26H,4,7,10H2,(H,23,27)/t18-/m0/s1. The molecule has 3 N–H and O–H groups in total. The normalized spacial score (nSPS) is 16.3. The van der Waals surface area contributed by atoms with Crippen LogP contribution in [0.15, 0.2) is 60.7 Å². The van der Waals surface area contributed by atoms with Crippen molar-refractivity contribution < 1.29 is 19.8 Å². The molecule has 3 aromatic rings. The second-order valence-electron chi connectivity index (χ2n) is 6.91. The van der Waals surface area contributed by atoms with Crippen LogP contribution >= 0.6 is 0 Å². The molecule has 1 heterocycles. The molecule has 0 unspecified atom stereocenters. The maximum Gasteiger partial charge on any atom is 0.254 e. The van der Waals surface area contributed by atoms with Crippen LogP contribution in [0.25, 0.3) is 10.8 Å². The Morgan fingerprint density at radius 1 is 0.929 bits per heavy atom. The van der Waals surface area contributed by atoms with E-state index in [9.17, 15) is 19.8 Å². The maximum atomic E-state index is 13.0. The summed E-state index contributed by atoms with van der Waals surface area (Å²) in [6, 6.07) is 16.6. The first-order chi connectivity index (χ1) is 13.5. The molecule has 6 nitrogen and oxygen atoms in total. The van der Waals surface area contributed by atoms with Crippen LogP contribution in [0.2, 0.25) is 0 Å². The molecule has 142 valence electrons. The van der Waals surface area contributed by atoms with E-state index < -0.39 is 6.04 Å². The molecule has 1 saturated heterocycles. The monoisotopic (exact) mass is 376 g/mol. The van der Waals surface area contributed by atoms with Gasteiger partial charge in [0.25, 0.3) is 5.91 Å². The number of fused-ring (bicyclic) bond motifs is 1. The van der Waals surface area contributed by atoms with Gasteiger partial charge in [-0.05, 0) is 60.0 Å². The van der Waals surface area contributed by atoms with Crippen LogP contribution < -0.4 is 5.32 Å². The number of carbonyl (C=O) groups is 2. The molecule has 3 aromatic carbocycles. The van der Waals surface area contributed by atoms with E-state index in [0.717, 1.165) is 6.42 Å². The SMILES string of the molecule is O=C(Nc1ccccc1)[C@@H]1CCCN1C(=O)c1ccc2cc(O)c(O)cc2c1. The van der Waals surface area contributed by atoms with Crippen LogP contribution in [0.1, 0.15) is 23.2 Å². The van der Waals surface area contributed by atoms with Gasteiger partial charge in [-0.2, -0.15) is 0 Å². The topological polar surface area (TPSA) is 89.9 Å². The van der Waals surface area contributed by atoms with Gasteiger partial charge in [0.05, 0.1) is 0 Å². The first kappa shape index (κ1) is 17.9. The molecular weight excluding hydrogens is 356 g/mol. The Morgan fingerprint density at radius 3 is 2.39 bits per heavy atom. The Bertz CT molecular complexity index is 1050. The molecule has 0 aliphatic carbocycles. The van der Waals surface area contributed by atoms with E-state index in [0.29, 0.717) is 35.0 Å². The highest BCUT2D eigenvalue weighted by Gasteiger charge is 2.34. The number of nitrogens with one attached hydrogen (secondary N) is 1. The van der Waals surface area contributed by atoms with Crippen LogP contribution in [-0.4, -0.2) is 39.5 Å². The van der Waals surface area contributed by atoms with Crippen molar-refractivity contribution in [2.75, 3.05) is 11.9 Å². The van der Waals surface area contributed by atoms with Gasteiger partial charge < -0.3 is 20.4 Å². The zero-order chi connectivity index (χ0) is 19.7. The third-order valence-electron chi connectivity index (χ3n) is 5.04. The van der Waals surface area contributed by atoms with Crippen molar-refractivity contribution in [1.29, 1.82) is 0 Å². The van der Waals surface area contributed by atoms with Gasteiger partial charge in [0.2, 0.25) is 5.91 Å². The largest absolute Gasteiger partial charge is 0.504 e. The number of phenolic OH excluding ortho intramolecular Hbond substituents is 2. The smallest absolute Gasteiger partial charge is 0.254 e. The number of phenols is 2. The van der Waals surface area contributed by atoms with E-state index >= 15 is 0 Å². The van der Waals surface area contributed by atoms with Gasteiger partial charge in [0, 0.05) is 17.8 Å². The lowest BCUT2D eigenvalue weighted by molar-refractivity contribution is -0.119. The summed E-state index contributed by atoms with van der Waals surface area (Å²) < 4.78 is 0. The minimum Gasteiger partial charge on any atom is -0.504 e. The van der Waals surface area contributed by atoms with Crippen LogP contribution in [0.3, 0.4) is 0 Å².